The van der Waals surface area contributed by atoms with Crippen LogP contribution in [0.5, 0.6) is 0 Å². The van der Waals surface area contributed by atoms with Gasteiger partial charge in [0.15, 0.2) is 0 Å². The highest BCUT2D eigenvalue weighted by molar-refractivity contribution is 6.36. The summed E-state index contributed by atoms with van der Waals surface area (Å²) in [4.78, 5) is 15.0. The van der Waals surface area contributed by atoms with E-state index in [4.69, 9.17) is 5.11 Å². The number of aliphatic imine (C=N–C) groups is 1. The maximum atomic E-state index is 10.7. The van der Waals surface area contributed by atoms with Gasteiger partial charge in [-0.25, -0.2) is 4.79 Å². The summed E-state index contributed by atoms with van der Waals surface area (Å²) in [5.41, 5.74) is 0.414. The number of rotatable bonds is 1. The molecule has 2 rings (SSSR count). The SMILES string of the molecule is O=C(O)C1=NC2CCCCCC2C1. The molecule has 1 aliphatic carbocycles. The molecule has 2 unspecified atom stereocenters. The molecule has 13 heavy (non-hydrogen) atoms. The Balaban J connectivity index is 2.07. The highest BCUT2D eigenvalue weighted by Gasteiger charge is 2.32. The topological polar surface area (TPSA) is 49.7 Å². The first kappa shape index (κ1) is 8.73. The summed E-state index contributed by atoms with van der Waals surface area (Å²) in [7, 11) is 0. The standard InChI is InChI=1S/C10H15NO2/c12-10(13)9-6-7-4-2-1-3-5-8(7)11-9/h7-8H,1-6H2,(H,12,13). The number of carbonyl (C=O) groups is 1. The molecular formula is C10H15NO2. The smallest absolute Gasteiger partial charge is 0.349 e. The predicted octanol–water partition coefficient (Wildman–Crippen LogP) is 1.86. The van der Waals surface area contributed by atoms with Crippen LogP contribution in [-0.2, 0) is 4.79 Å². The van der Waals surface area contributed by atoms with Crippen molar-refractivity contribution in [3.8, 4) is 0 Å². The van der Waals surface area contributed by atoms with Crippen LogP contribution >= 0.6 is 0 Å². The monoisotopic (exact) mass is 181 g/mol. The lowest BCUT2D eigenvalue weighted by Crippen LogP contribution is -2.13. The molecule has 0 aromatic carbocycles. The molecule has 1 N–H and O–H groups in total. The van der Waals surface area contributed by atoms with E-state index in [2.05, 4.69) is 4.99 Å². The molecule has 0 aromatic rings. The molecule has 72 valence electrons. The van der Waals surface area contributed by atoms with Crippen molar-refractivity contribution < 1.29 is 9.90 Å². The fourth-order valence-corrected chi connectivity index (χ4v) is 2.42. The van der Waals surface area contributed by atoms with Gasteiger partial charge >= 0.3 is 5.97 Å². The second-order valence-electron chi connectivity index (χ2n) is 4.05. The molecule has 2 aliphatic rings. The van der Waals surface area contributed by atoms with Gasteiger partial charge < -0.3 is 5.11 Å². The minimum Gasteiger partial charge on any atom is -0.477 e. The number of carboxylic acids is 1. The fraction of sp³-hybridized carbons (Fsp3) is 0.800. The van der Waals surface area contributed by atoms with E-state index in [0.717, 1.165) is 6.42 Å². The fourth-order valence-electron chi connectivity index (χ4n) is 2.42. The molecule has 3 nitrogen and oxygen atoms in total. The largest absolute Gasteiger partial charge is 0.477 e. The molecule has 0 spiro atoms. The Morgan fingerprint density at radius 1 is 1.31 bits per heavy atom. The number of hydrogen-bond acceptors (Lipinski definition) is 2. The number of aliphatic carboxylic acids is 1. The lowest BCUT2D eigenvalue weighted by Gasteiger charge is -2.12. The van der Waals surface area contributed by atoms with Crippen LogP contribution in [-0.4, -0.2) is 22.8 Å². The van der Waals surface area contributed by atoms with E-state index >= 15 is 0 Å². The van der Waals surface area contributed by atoms with Crippen molar-refractivity contribution in [3.63, 3.8) is 0 Å². The molecule has 0 radical (unpaired) electrons. The summed E-state index contributed by atoms with van der Waals surface area (Å²) in [6.45, 7) is 0. The Hall–Kier alpha value is -0.860. The second-order valence-corrected chi connectivity index (χ2v) is 4.05. The van der Waals surface area contributed by atoms with E-state index in [1.807, 2.05) is 0 Å². The van der Waals surface area contributed by atoms with Crippen LogP contribution in [0.15, 0.2) is 4.99 Å². The second kappa shape index (κ2) is 3.48. The van der Waals surface area contributed by atoms with E-state index in [1.165, 1.54) is 25.7 Å². The predicted molar refractivity (Wildman–Crippen MR) is 50.1 cm³/mol. The van der Waals surface area contributed by atoms with E-state index in [-0.39, 0.29) is 0 Å². The lowest BCUT2D eigenvalue weighted by molar-refractivity contribution is -0.129. The Morgan fingerprint density at radius 2 is 2.08 bits per heavy atom. The normalized spacial score (nSPS) is 33.4. The Labute approximate surface area is 77.9 Å². The van der Waals surface area contributed by atoms with Crippen molar-refractivity contribution in [2.24, 2.45) is 10.9 Å². The van der Waals surface area contributed by atoms with Crippen LogP contribution in [0, 0.1) is 5.92 Å². The van der Waals surface area contributed by atoms with Crippen LogP contribution in [0.2, 0.25) is 0 Å². The summed E-state index contributed by atoms with van der Waals surface area (Å²) >= 11 is 0. The number of carboxylic acid groups (broad SMARTS) is 1. The summed E-state index contributed by atoms with van der Waals surface area (Å²) < 4.78 is 0. The molecule has 1 saturated carbocycles. The number of fused-ring (bicyclic) bond motifs is 1. The Morgan fingerprint density at radius 3 is 2.85 bits per heavy atom. The van der Waals surface area contributed by atoms with Gasteiger partial charge in [-0.15, -0.1) is 0 Å². The van der Waals surface area contributed by atoms with Crippen LogP contribution < -0.4 is 0 Å². The highest BCUT2D eigenvalue weighted by Crippen LogP contribution is 2.33. The summed E-state index contributed by atoms with van der Waals surface area (Å²) in [5.74, 6) is -0.276. The maximum Gasteiger partial charge on any atom is 0.349 e. The third-order valence-electron chi connectivity index (χ3n) is 3.14. The van der Waals surface area contributed by atoms with Crippen molar-refractivity contribution in [1.82, 2.24) is 0 Å². The summed E-state index contributed by atoms with van der Waals surface area (Å²) in [6, 6.07) is 0.327. The molecule has 0 saturated heterocycles. The van der Waals surface area contributed by atoms with Gasteiger partial charge in [0.05, 0.1) is 6.04 Å². The van der Waals surface area contributed by atoms with Crippen molar-refractivity contribution in [3.05, 3.63) is 0 Å². The van der Waals surface area contributed by atoms with Gasteiger partial charge in [0.25, 0.3) is 0 Å². The zero-order chi connectivity index (χ0) is 9.26. The first-order chi connectivity index (χ1) is 6.27. The van der Waals surface area contributed by atoms with Gasteiger partial charge in [0.1, 0.15) is 5.71 Å². The van der Waals surface area contributed by atoms with Gasteiger partial charge in [-0.1, -0.05) is 19.3 Å². The van der Waals surface area contributed by atoms with Crippen molar-refractivity contribution in [2.45, 2.75) is 44.6 Å². The summed E-state index contributed by atoms with van der Waals surface area (Å²) in [6.07, 6.45) is 6.75. The van der Waals surface area contributed by atoms with Gasteiger partial charge in [0.2, 0.25) is 0 Å². The van der Waals surface area contributed by atoms with Crippen molar-refractivity contribution in [1.29, 1.82) is 0 Å². The Bertz CT molecular complexity index is 247. The molecule has 1 heterocycles. The molecular weight excluding hydrogens is 166 g/mol. The molecule has 1 fully saturated rings. The highest BCUT2D eigenvalue weighted by atomic mass is 16.4. The van der Waals surface area contributed by atoms with Gasteiger partial charge in [-0.2, -0.15) is 0 Å². The Kier molecular flexibility index (Phi) is 2.34. The molecule has 2 atom stereocenters. The van der Waals surface area contributed by atoms with Crippen LogP contribution in [0.3, 0.4) is 0 Å². The first-order valence-electron chi connectivity index (χ1n) is 5.07. The van der Waals surface area contributed by atoms with Gasteiger partial charge in [-0.05, 0) is 18.8 Å². The van der Waals surface area contributed by atoms with E-state index in [1.54, 1.807) is 0 Å². The first-order valence-corrected chi connectivity index (χ1v) is 5.07. The third kappa shape index (κ3) is 1.74. The van der Waals surface area contributed by atoms with E-state index < -0.39 is 5.97 Å². The van der Waals surface area contributed by atoms with Gasteiger partial charge in [-0.3, -0.25) is 4.99 Å². The zero-order valence-corrected chi connectivity index (χ0v) is 7.70. The molecule has 1 aliphatic heterocycles. The quantitative estimate of drug-likeness (QED) is 0.671. The minimum atomic E-state index is -0.812. The average Bonchev–Trinajstić information content (AvgIpc) is 2.38. The zero-order valence-electron chi connectivity index (χ0n) is 7.70. The van der Waals surface area contributed by atoms with Gasteiger partial charge in [0, 0.05) is 6.42 Å². The minimum absolute atomic E-state index is 0.327. The molecule has 3 heteroatoms. The number of nitrogens with zero attached hydrogens (tertiary/aromatic N) is 1. The van der Waals surface area contributed by atoms with Crippen LogP contribution in [0.1, 0.15) is 38.5 Å². The number of hydrogen-bond donors (Lipinski definition) is 1. The lowest BCUT2D eigenvalue weighted by atomic mass is 9.94. The van der Waals surface area contributed by atoms with Crippen LogP contribution in [0.25, 0.3) is 0 Å². The van der Waals surface area contributed by atoms with E-state index in [9.17, 15) is 4.79 Å². The molecule has 0 bridgehead atoms. The molecule has 0 aromatic heterocycles. The average molecular weight is 181 g/mol. The maximum absolute atomic E-state index is 10.7. The van der Waals surface area contributed by atoms with E-state index in [0.29, 0.717) is 24.1 Å². The summed E-state index contributed by atoms with van der Waals surface area (Å²) in [5, 5.41) is 8.80. The van der Waals surface area contributed by atoms with Crippen LogP contribution in [0.4, 0.5) is 0 Å². The third-order valence-corrected chi connectivity index (χ3v) is 3.14. The molecule has 0 amide bonds. The van der Waals surface area contributed by atoms with Crippen molar-refractivity contribution >= 4 is 11.7 Å². The van der Waals surface area contributed by atoms with Crippen molar-refractivity contribution in [2.75, 3.05) is 0 Å².